The molecule has 2 aliphatic heterocycles. The van der Waals surface area contributed by atoms with Gasteiger partial charge in [0.05, 0.1) is 12.2 Å². The van der Waals surface area contributed by atoms with Crippen LogP contribution in [0.2, 0.25) is 0 Å². The number of nitrogens with one attached hydrogen (secondary N) is 2. The molecule has 0 saturated carbocycles. The minimum atomic E-state index is -1.02. The molecular formula is C21H22N8O3S. The maximum Gasteiger partial charge on any atom is 0.347 e. The van der Waals surface area contributed by atoms with Gasteiger partial charge >= 0.3 is 5.97 Å². The highest BCUT2D eigenvalue weighted by Gasteiger charge is 2.30. The van der Waals surface area contributed by atoms with Gasteiger partial charge < -0.3 is 20.2 Å². The fraction of sp³-hybridized carbons (Fsp3) is 0.333. The molecule has 0 aliphatic carbocycles. The summed E-state index contributed by atoms with van der Waals surface area (Å²) in [5.74, 6) is 0.769. The molecule has 0 radical (unpaired) electrons. The van der Waals surface area contributed by atoms with Crippen molar-refractivity contribution in [3.63, 3.8) is 0 Å². The van der Waals surface area contributed by atoms with Crippen molar-refractivity contribution in [3.8, 4) is 0 Å². The van der Waals surface area contributed by atoms with Crippen LogP contribution in [0.3, 0.4) is 0 Å². The third-order valence-corrected chi connectivity index (χ3v) is 6.60. The van der Waals surface area contributed by atoms with E-state index in [1.165, 1.54) is 0 Å². The number of amides is 1. The van der Waals surface area contributed by atoms with Gasteiger partial charge in [0.1, 0.15) is 16.5 Å². The molecule has 2 aliphatic rings. The smallest absolute Gasteiger partial charge is 0.347 e. The number of aromatic carboxylic acids is 1. The number of hydrogen-bond donors (Lipinski definition) is 3. The monoisotopic (exact) mass is 466 g/mol. The zero-order valence-corrected chi connectivity index (χ0v) is 18.7. The lowest BCUT2D eigenvalue weighted by Crippen LogP contribution is -2.48. The van der Waals surface area contributed by atoms with Crippen molar-refractivity contribution in [3.05, 3.63) is 46.2 Å². The van der Waals surface area contributed by atoms with Crippen LogP contribution in [-0.2, 0) is 17.8 Å². The van der Waals surface area contributed by atoms with Gasteiger partial charge in [0.15, 0.2) is 5.13 Å². The maximum absolute atomic E-state index is 12.0. The van der Waals surface area contributed by atoms with Crippen LogP contribution in [0.5, 0.6) is 0 Å². The Labute approximate surface area is 193 Å². The number of aryl methyl sites for hydroxylation is 1. The SMILES string of the molecule is Cc1nc(Nc2nc(N3CCNC(=O)C3)c3c(n2)N(Cc2cccnc2)CC3)sc1C(=O)O. The van der Waals surface area contributed by atoms with Crippen LogP contribution in [0, 0.1) is 6.92 Å². The highest BCUT2D eigenvalue weighted by Crippen LogP contribution is 2.36. The van der Waals surface area contributed by atoms with Crippen LogP contribution in [-0.4, -0.2) is 63.1 Å². The maximum atomic E-state index is 12.0. The topological polar surface area (TPSA) is 136 Å². The predicted octanol–water partition coefficient (Wildman–Crippen LogP) is 1.58. The zero-order valence-electron chi connectivity index (χ0n) is 17.9. The van der Waals surface area contributed by atoms with Crippen molar-refractivity contribution in [1.29, 1.82) is 0 Å². The molecule has 1 saturated heterocycles. The molecule has 170 valence electrons. The fourth-order valence-electron chi connectivity index (χ4n) is 4.05. The Morgan fingerprint density at radius 2 is 2.12 bits per heavy atom. The number of carboxylic acid groups (broad SMARTS) is 1. The van der Waals surface area contributed by atoms with Crippen LogP contribution < -0.4 is 20.4 Å². The second kappa shape index (κ2) is 8.62. The van der Waals surface area contributed by atoms with Gasteiger partial charge in [-0.05, 0) is 25.0 Å². The molecule has 33 heavy (non-hydrogen) atoms. The summed E-state index contributed by atoms with van der Waals surface area (Å²) < 4.78 is 0. The number of fused-ring (bicyclic) bond motifs is 1. The lowest BCUT2D eigenvalue weighted by atomic mass is 10.2. The van der Waals surface area contributed by atoms with E-state index in [4.69, 9.17) is 9.97 Å². The number of piperazine rings is 1. The van der Waals surface area contributed by atoms with Crippen LogP contribution >= 0.6 is 11.3 Å². The van der Waals surface area contributed by atoms with Crippen molar-refractivity contribution in [2.75, 3.05) is 41.3 Å². The summed E-state index contributed by atoms with van der Waals surface area (Å²) >= 11 is 1.04. The van der Waals surface area contributed by atoms with E-state index in [-0.39, 0.29) is 17.3 Å². The van der Waals surface area contributed by atoms with E-state index in [1.807, 2.05) is 23.2 Å². The third-order valence-electron chi connectivity index (χ3n) is 5.54. The van der Waals surface area contributed by atoms with Gasteiger partial charge in [-0.15, -0.1) is 0 Å². The van der Waals surface area contributed by atoms with Gasteiger partial charge in [-0.1, -0.05) is 17.4 Å². The summed E-state index contributed by atoms with van der Waals surface area (Å²) in [4.78, 5) is 45.7. The number of carboxylic acids is 1. The minimum Gasteiger partial charge on any atom is -0.477 e. The number of carbonyl (C=O) groups excluding carboxylic acids is 1. The quantitative estimate of drug-likeness (QED) is 0.491. The third kappa shape index (κ3) is 4.29. The van der Waals surface area contributed by atoms with E-state index in [2.05, 4.69) is 25.5 Å². The summed E-state index contributed by atoms with van der Waals surface area (Å²) in [6.45, 7) is 4.50. The largest absolute Gasteiger partial charge is 0.477 e. The Morgan fingerprint density at radius 1 is 1.27 bits per heavy atom. The second-order valence-electron chi connectivity index (χ2n) is 7.84. The van der Waals surface area contributed by atoms with Gasteiger partial charge in [-0.25, -0.2) is 9.78 Å². The Morgan fingerprint density at radius 3 is 2.85 bits per heavy atom. The highest BCUT2D eigenvalue weighted by molar-refractivity contribution is 7.17. The van der Waals surface area contributed by atoms with Crippen molar-refractivity contribution in [1.82, 2.24) is 25.3 Å². The first kappa shape index (κ1) is 21.1. The molecule has 1 amide bonds. The molecule has 3 aromatic rings. The number of rotatable bonds is 6. The summed E-state index contributed by atoms with van der Waals surface area (Å²) in [6, 6.07) is 3.93. The number of nitrogens with zero attached hydrogens (tertiary/aromatic N) is 6. The van der Waals surface area contributed by atoms with Gasteiger partial charge in [-0.3, -0.25) is 15.1 Å². The molecule has 3 aromatic heterocycles. The first-order valence-corrected chi connectivity index (χ1v) is 11.3. The Hall–Kier alpha value is -3.80. The second-order valence-corrected chi connectivity index (χ2v) is 8.84. The summed E-state index contributed by atoms with van der Waals surface area (Å²) in [5.41, 5.74) is 2.50. The molecule has 5 heterocycles. The van der Waals surface area contributed by atoms with Gasteiger partial charge in [0.25, 0.3) is 0 Å². The van der Waals surface area contributed by atoms with Crippen LogP contribution in [0.1, 0.15) is 26.5 Å². The average Bonchev–Trinajstić information content (AvgIpc) is 3.37. The molecular weight excluding hydrogens is 444 g/mol. The van der Waals surface area contributed by atoms with Crippen molar-refractivity contribution >= 4 is 45.9 Å². The van der Waals surface area contributed by atoms with Crippen LogP contribution in [0.4, 0.5) is 22.7 Å². The number of pyridine rings is 1. The summed E-state index contributed by atoms with van der Waals surface area (Å²) in [6.07, 6.45) is 4.34. The van der Waals surface area contributed by atoms with Crippen molar-refractivity contribution in [2.45, 2.75) is 19.9 Å². The number of hydrogen-bond acceptors (Lipinski definition) is 10. The molecule has 0 bridgehead atoms. The normalized spacial score (nSPS) is 15.4. The molecule has 1 fully saturated rings. The molecule has 0 aromatic carbocycles. The number of carbonyl (C=O) groups is 2. The Balaban J connectivity index is 1.51. The zero-order chi connectivity index (χ0) is 22.9. The minimum absolute atomic E-state index is 0.0463. The first-order valence-electron chi connectivity index (χ1n) is 10.5. The molecule has 0 spiro atoms. The van der Waals surface area contributed by atoms with E-state index in [0.717, 1.165) is 47.1 Å². The van der Waals surface area contributed by atoms with E-state index >= 15 is 0 Å². The summed E-state index contributed by atoms with van der Waals surface area (Å²) in [5, 5.41) is 15.7. The molecule has 0 atom stereocenters. The molecule has 11 nitrogen and oxygen atoms in total. The van der Waals surface area contributed by atoms with Crippen molar-refractivity contribution in [2.24, 2.45) is 0 Å². The standard InChI is InChI=1S/C21H22N8O3S/c1-12-16(19(31)32)33-21(24-12)27-20-25-17-14(18(26-20)29-8-6-23-15(30)11-29)4-7-28(17)10-13-3-2-5-22-9-13/h2-3,5,9H,4,6-8,10-11H2,1H3,(H,23,30)(H,31,32)(H,24,25,26,27). The van der Waals surface area contributed by atoms with Gasteiger partial charge in [0, 0.05) is 44.1 Å². The number of anilines is 4. The van der Waals surface area contributed by atoms with Crippen LogP contribution in [0.25, 0.3) is 0 Å². The van der Waals surface area contributed by atoms with Crippen molar-refractivity contribution < 1.29 is 14.7 Å². The van der Waals surface area contributed by atoms with Gasteiger partial charge in [0.2, 0.25) is 11.9 Å². The molecule has 12 heteroatoms. The predicted molar refractivity (Wildman–Crippen MR) is 123 cm³/mol. The number of aromatic nitrogens is 4. The summed E-state index contributed by atoms with van der Waals surface area (Å²) in [7, 11) is 0. The Kier molecular flexibility index (Phi) is 5.50. The molecule has 3 N–H and O–H groups in total. The average molecular weight is 467 g/mol. The van der Waals surface area contributed by atoms with Crippen LogP contribution in [0.15, 0.2) is 24.5 Å². The first-order chi connectivity index (χ1) is 16.0. The van der Waals surface area contributed by atoms with E-state index in [9.17, 15) is 14.7 Å². The Bertz CT molecular complexity index is 1220. The molecule has 5 rings (SSSR count). The molecule has 0 unspecified atom stereocenters. The van der Waals surface area contributed by atoms with Gasteiger partial charge in [-0.2, -0.15) is 9.97 Å². The van der Waals surface area contributed by atoms with E-state index < -0.39 is 5.97 Å². The lowest BCUT2D eigenvalue weighted by Gasteiger charge is -2.29. The fourth-order valence-corrected chi connectivity index (χ4v) is 4.84. The highest BCUT2D eigenvalue weighted by atomic mass is 32.1. The van der Waals surface area contributed by atoms with E-state index in [1.54, 1.807) is 13.1 Å². The number of thiazole rings is 1. The van der Waals surface area contributed by atoms with E-state index in [0.29, 0.717) is 36.4 Å². The lowest BCUT2D eigenvalue weighted by molar-refractivity contribution is -0.120.